The summed E-state index contributed by atoms with van der Waals surface area (Å²) in [5.74, 6) is 0.308. The Balaban J connectivity index is 1.82. The number of fused-ring (bicyclic) bond motifs is 1. The van der Waals surface area contributed by atoms with E-state index in [1.807, 2.05) is 0 Å². The van der Waals surface area contributed by atoms with Crippen LogP contribution < -0.4 is 23.8 Å². The van der Waals surface area contributed by atoms with Gasteiger partial charge in [0.1, 0.15) is 17.1 Å². The molecule has 0 aliphatic carbocycles. The topological polar surface area (TPSA) is 128 Å². The smallest absolute Gasteiger partial charge is 0.412 e. The number of halogens is 1. The zero-order chi connectivity index (χ0) is 27.4. The van der Waals surface area contributed by atoms with Crippen molar-refractivity contribution in [1.82, 2.24) is 5.32 Å². The standard InChI is InChI=1S/C26H25FN2O8S/c1-28-26(31)37-25-18-14-23(34-2)20(29(12-13-30)38(3,32)33)15-22(18)36-24(25)16-8-10-17(11-9-16)35-21-7-5-4-6-19(21)27/h4-11,14-15,30H,12-13H2,1-3H3,(H,28,31). The number of sulfonamides is 1. The highest BCUT2D eigenvalue weighted by Gasteiger charge is 2.26. The van der Waals surface area contributed by atoms with Gasteiger partial charge < -0.3 is 29.1 Å². The van der Waals surface area contributed by atoms with Gasteiger partial charge in [0.2, 0.25) is 10.0 Å². The van der Waals surface area contributed by atoms with Crippen LogP contribution in [0.1, 0.15) is 0 Å². The Hall–Kier alpha value is -4.29. The van der Waals surface area contributed by atoms with E-state index in [1.165, 1.54) is 38.4 Å². The van der Waals surface area contributed by atoms with Crippen molar-refractivity contribution in [2.75, 3.05) is 37.9 Å². The van der Waals surface area contributed by atoms with Crippen molar-refractivity contribution in [3.63, 3.8) is 0 Å². The van der Waals surface area contributed by atoms with E-state index in [-0.39, 0.29) is 40.8 Å². The molecular weight excluding hydrogens is 519 g/mol. The van der Waals surface area contributed by atoms with Crippen LogP contribution in [0.5, 0.6) is 23.0 Å². The Kier molecular flexibility index (Phi) is 7.74. The second-order valence-electron chi connectivity index (χ2n) is 8.04. The minimum absolute atomic E-state index is 0.0607. The van der Waals surface area contributed by atoms with Crippen molar-refractivity contribution in [2.45, 2.75) is 0 Å². The van der Waals surface area contributed by atoms with Crippen molar-refractivity contribution in [3.05, 3.63) is 66.5 Å². The monoisotopic (exact) mass is 544 g/mol. The Morgan fingerprint density at radius 2 is 1.82 bits per heavy atom. The largest absolute Gasteiger partial charge is 0.495 e. The van der Waals surface area contributed by atoms with Crippen LogP contribution in [-0.2, 0) is 10.0 Å². The molecule has 0 aliphatic rings. The van der Waals surface area contributed by atoms with Crippen molar-refractivity contribution < 1.29 is 41.3 Å². The van der Waals surface area contributed by atoms with Gasteiger partial charge in [-0.05, 0) is 42.5 Å². The van der Waals surface area contributed by atoms with Crippen LogP contribution in [0.3, 0.4) is 0 Å². The summed E-state index contributed by atoms with van der Waals surface area (Å²) in [6.45, 7) is -0.636. The highest BCUT2D eigenvalue weighted by Crippen LogP contribution is 2.45. The maximum absolute atomic E-state index is 14.0. The molecule has 0 unspecified atom stereocenters. The Labute approximate surface area is 218 Å². The third-order valence-corrected chi connectivity index (χ3v) is 6.68. The lowest BCUT2D eigenvalue weighted by Gasteiger charge is -2.23. The summed E-state index contributed by atoms with van der Waals surface area (Å²) >= 11 is 0. The van der Waals surface area contributed by atoms with E-state index in [0.717, 1.165) is 10.6 Å². The molecule has 1 heterocycles. The van der Waals surface area contributed by atoms with E-state index < -0.39 is 28.5 Å². The first-order valence-electron chi connectivity index (χ1n) is 11.3. The summed E-state index contributed by atoms with van der Waals surface area (Å²) in [6, 6.07) is 15.4. The number of hydrogen-bond acceptors (Lipinski definition) is 8. The quantitative estimate of drug-likeness (QED) is 0.315. The van der Waals surface area contributed by atoms with Gasteiger partial charge in [-0.15, -0.1) is 0 Å². The van der Waals surface area contributed by atoms with Gasteiger partial charge in [0.25, 0.3) is 0 Å². The molecule has 0 saturated heterocycles. The van der Waals surface area contributed by atoms with E-state index in [2.05, 4.69) is 5.32 Å². The van der Waals surface area contributed by atoms with Gasteiger partial charge in [-0.1, -0.05) is 12.1 Å². The first kappa shape index (κ1) is 26.8. The van der Waals surface area contributed by atoms with Gasteiger partial charge in [0, 0.05) is 18.7 Å². The maximum atomic E-state index is 14.0. The molecule has 0 fully saturated rings. The Morgan fingerprint density at radius 1 is 1.11 bits per heavy atom. The Morgan fingerprint density at radius 3 is 2.42 bits per heavy atom. The van der Waals surface area contributed by atoms with Crippen LogP contribution in [0, 0.1) is 5.82 Å². The van der Waals surface area contributed by atoms with Gasteiger partial charge >= 0.3 is 6.09 Å². The van der Waals surface area contributed by atoms with Crippen LogP contribution in [0.25, 0.3) is 22.3 Å². The fourth-order valence-corrected chi connectivity index (χ4v) is 4.68. The number of ether oxygens (including phenoxy) is 3. The van der Waals surface area contributed by atoms with Crippen molar-refractivity contribution in [3.8, 4) is 34.3 Å². The fraction of sp³-hybridized carbons (Fsp3) is 0.192. The number of benzene rings is 3. The number of para-hydroxylation sites is 1. The van der Waals surface area contributed by atoms with E-state index >= 15 is 0 Å². The number of carbonyl (C=O) groups is 1. The van der Waals surface area contributed by atoms with E-state index in [9.17, 15) is 22.7 Å². The maximum Gasteiger partial charge on any atom is 0.412 e. The first-order chi connectivity index (χ1) is 18.2. The summed E-state index contributed by atoms with van der Waals surface area (Å²) in [5.41, 5.74) is 0.835. The van der Waals surface area contributed by atoms with Gasteiger partial charge in [0.05, 0.1) is 37.6 Å². The molecule has 0 saturated carbocycles. The molecule has 2 N–H and O–H groups in total. The first-order valence-corrected chi connectivity index (χ1v) is 13.2. The molecule has 10 nitrogen and oxygen atoms in total. The summed E-state index contributed by atoms with van der Waals surface area (Å²) in [6.07, 6.45) is 0.250. The molecule has 0 atom stereocenters. The van der Waals surface area contributed by atoms with Crippen molar-refractivity contribution >= 4 is 32.8 Å². The number of aliphatic hydroxyl groups excluding tert-OH is 1. The lowest BCUT2D eigenvalue weighted by Crippen LogP contribution is -2.32. The van der Waals surface area contributed by atoms with E-state index in [1.54, 1.807) is 36.4 Å². The molecule has 0 radical (unpaired) electrons. The number of amides is 1. The molecule has 0 aliphatic heterocycles. The van der Waals surface area contributed by atoms with Gasteiger partial charge in [-0.25, -0.2) is 17.6 Å². The number of aliphatic hydroxyl groups is 1. The van der Waals surface area contributed by atoms with Crippen LogP contribution in [0.2, 0.25) is 0 Å². The number of hydrogen-bond donors (Lipinski definition) is 2. The number of carbonyl (C=O) groups excluding carboxylic acids is 1. The number of nitrogens with one attached hydrogen (secondary N) is 1. The van der Waals surface area contributed by atoms with E-state index in [4.69, 9.17) is 18.6 Å². The van der Waals surface area contributed by atoms with Crippen molar-refractivity contribution in [2.24, 2.45) is 0 Å². The number of nitrogens with zero attached hydrogens (tertiary/aromatic N) is 1. The van der Waals surface area contributed by atoms with Crippen LogP contribution >= 0.6 is 0 Å². The molecule has 0 bridgehead atoms. The van der Waals surface area contributed by atoms with Crippen LogP contribution in [-0.4, -0.2) is 53.2 Å². The molecule has 38 heavy (non-hydrogen) atoms. The fourth-order valence-electron chi connectivity index (χ4n) is 3.77. The lowest BCUT2D eigenvalue weighted by atomic mass is 10.1. The zero-order valence-electron chi connectivity index (χ0n) is 20.7. The average molecular weight is 545 g/mol. The normalized spacial score (nSPS) is 11.3. The molecule has 4 aromatic rings. The SMILES string of the molecule is CNC(=O)Oc1c(-c2ccc(Oc3ccccc3F)cc2)oc2cc(N(CCO)S(C)(=O)=O)c(OC)cc12. The van der Waals surface area contributed by atoms with Gasteiger partial charge in [-0.3, -0.25) is 4.31 Å². The molecule has 12 heteroatoms. The molecule has 0 spiro atoms. The third-order valence-electron chi connectivity index (χ3n) is 5.50. The predicted molar refractivity (Wildman–Crippen MR) is 139 cm³/mol. The van der Waals surface area contributed by atoms with E-state index in [0.29, 0.717) is 16.7 Å². The number of methoxy groups -OCH3 is 1. The molecule has 1 aromatic heterocycles. The molecular formula is C26H25FN2O8S. The second kappa shape index (κ2) is 11.0. The van der Waals surface area contributed by atoms with Gasteiger partial charge in [-0.2, -0.15) is 0 Å². The van der Waals surface area contributed by atoms with Gasteiger partial charge in [0.15, 0.2) is 23.1 Å². The highest BCUT2D eigenvalue weighted by atomic mass is 32.2. The summed E-state index contributed by atoms with van der Waals surface area (Å²) < 4.78 is 62.3. The zero-order valence-corrected chi connectivity index (χ0v) is 21.5. The van der Waals surface area contributed by atoms with Crippen LogP contribution in [0.4, 0.5) is 14.9 Å². The second-order valence-corrected chi connectivity index (χ2v) is 9.94. The summed E-state index contributed by atoms with van der Waals surface area (Å²) in [5, 5.41) is 12.1. The predicted octanol–water partition coefficient (Wildman–Crippen LogP) is 4.52. The highest BCUT2D eigenvalue weighted by molar-refractivity contribution is 7.92. The Bertz CT molecular complexity index is 1570. The minimum Gasteiger partial charge on any atom is -0.495 e. The molecule has 200 valence electrons. The van der Waals surface area contributed by atoms with Crippen molar-refractivity contribution in [1.29, 1.82) is 0 Å². The van der Waals surface area contributed by atoms with Crippen LogP contribution in [0.15, 0.2) is 65.1 Å². The number of furan rings is 1. The number of anilines is 1. The molecule has 3 aromatic carbocycles. The lowest BCUT2D eigenvalue weighted by molar-refractivity contribution is 0.203. The minimum atomic E-state index is -3.78. The molecule has 4 rings (SSSR count). The summed E-state index contributed by atoms with van der Waals surface area (Å²) in [7, 11) is -1.02. The number of rotatable bonds is 9. The third kappa shape index (κ3) is 5.50. The molecule has 1 amide bonds. The summed E-state index contributed by atoms with van der Waals surface area (Å²) in [4.78, 5) is 12.2. The average Bonchev–Trinajstić information content (AvgIpc) is 3.24.